The zero-order valence-corrected chi connectivity index (χ0v) is 10.9. The summed E-state index contributed by atoms with van der Waals surface area (Å²) in [6, 6.07) is 9.54. The SMILES string of the molecule is CCCCn1nnc(NC(=O)Cc2ccccc2)n1. The highest BCUT2D eigenvalue weighted by molar-refractivity contribution is 5.90. The first-order valence-electron chi connectivity index (χ1n) is 6.39. The monoisotopic (exact) mass is 259 g/mol. The maximum atomic E-state index is 11.8. The first-order chi connectivity index (χ1) is 9.28. The molecule has 1 heterocycles. The third-order valence-corrected chi connectivity index (χ3v) is 2.62. The van der Waals surface area contributed by atoms with Crippen LogP contribution in [0.15, 0.2) is 30.3 Å². The van der Waals surface area contributed by atoms with Crippen molar-refractivity contribution in [1.29, 1.82) is 0 Å². The number of hydrogen-bond donors (Lipinski definition) is 1. The lowest BCUT2D eigenvalue weighted by Gasteiger charge is -2.00. The Balaban J connectivity index is 1.86. The number of carbonyl (C=O) groups excluding carboxylic acids is 1. The average molecular weight is 259 g/mol. The van der Waals surface area contributed by atoms with Gasteiger partial charge in [0, 0.05) is 0 Å². The molecule has 0 unspecified atom stereocenters. The van der Waals surface area contributed by atoms with E-state index in [0.717, 1.165) is 24.9 Å². The van der Waals surface area contributed by atoms with Crippen molar-refractivity contribution in [2.75, 3.05) is 5.32 Å². The second-order valence-corrected chi connectivity index (χ2v) is 4.27. The third-order valence-electron chi connectivity index (χ3n) is 2.62. The standard InChI is InChI=1S/C13H17N5O/c1-2-3-9-18-16-13(15-17-18)14-12(19)10-11-7-5-4-6-8-11/h4-8H,2-3,9-10H2,1H3,(H,14,16,19). The van der Waals surface area contributed by atoms with Crippen molar-refractivity contribution in [3.63, 3.8) is 0 Å². The Morgan fingerprint density at radius 3 is 2.84 bits per heavy atom. The normalized spacial score (nSPS) is 10.4. The van der Waals surface area contributed by atoms with Gasteiger partial charge in [0.05, 0.1) is 13.0 Å². The van der Waals surface area contributed by atoms with Gasteiger partial charge in [-0.15, -0.1) is 5.10 Å². The molecule has 100 valence electrons. The van der Waals surface area contributed by atoms with Crippen LogP contribution in [0.4, 0.5) is 5.95 Å². The predicted octanol–water partition coefficient (Wildman–Crippen LogP) is 1.65. The maximum absolute atomic E-state index is 11.8. The van der Waals surface area contributed by atoms with Crippen LogP contribution in [0, 0.1) is 0 Å². The molecule has 1 amide bonds. The Kier molecular flexibility index (Phi) is 4.60. The van der Waals surface area contributed by atoms with Crippen LogP contribution in [0.25, 0.3) is 0 Å². The number of nitrogens with one attached hydrogen (secondary N) is 1. The van der Waals surface area contributed by atoms with Gasteiger partial charge in [-0.25, -0.2) is 0 Å². The van der Waals surface area contributed by atoms with E-state index in [-0.39, 0.29) is 11.9 Å². The lowest BCUT2D eigenvalue weighted by Crippen LogP contribution is -2.15. The number of benzene rings is 1. The maximum Gasteiger partial charge on any atom is 0.270 e. The fraction of sp³-hybridized carbons (Fsp3) is 0.385. The molecule has 0 saturated heterocycles. The van der Waals surface area contributed by atoms with Gasteiger partial charge < -0.3 is 0 Å². The Morgan fingerprint density at radius 2 is 2.11 bits per heavy atom. The minimum Gasteiger partial charge on any atom is -0.292 e. The largest absolute Gasteiger partial charge is 0.292 e. The molecule has 0 aliphatic heterocycles. The van der Waals surface area contributed by atoms with Gasteiger partial charge in [-0.05, 0) is 17.2 Å². The molecule has 0 atom stereocenters. The van der Waals surface area contributed by atoms with Crippen molar-refractivity contribution in [2.24, 2.45) is 0 Å². The molecule has 2 rings (SSSR count). The van der Waals surface area contributed by atoms with E-state index < -0.39 is 0 Å². The Labute approximate surface area is 111 Å². The lowest BCUT2D eigenvalue weighted by molar-refractivity contribution is -0.115. The Morgan fingerprint density at radius 1 is 1.32 bits per heavy atom. The summed E-state index contributed by atoms with van der Waals surface area (Å²) in [5.74, 6) is 0.123. The first kappa shape index (κ1) is 13.2. The van der Waals surface area contributed by atoms with Gasteiger partial charge in [-0.2, -0.15) is 4.80 Å². The summed E-state index contributed by atoms with van der Waals surface area (Å²) in [5, 5.41) is 14.4. The molecule has 0 aliphatic rings. The number of nitrogens with zero attached hydrogens (tertiary/aromatic N) is 4. The summed E-state index contributed by atoms with van der Waals surface area (Å²) >= 11 is 0. The van der Waals surface area contributed by atoms with Crippen molar-refractivity contribution in [3.05, 3.63) is 35.9 Å². The van der Waals surface area contributed by atoms with Crippen LogP contribution in [0.5, 0.6) is 0 Å². The number of aromatic nitrogens is 4. The number of aryl methyl sites for hydroxylation is 1. The van der Waals surface area contributed by atoms with Crippen LogP contribution >= 0.6 is 0 Å². The second-order valence-electron chi connectivity index (χ2n) is 4.27. The van der Waals surface area contributed by atoms with Crippen LogP contribution in [-0.2, 0) is 17.8 Å². The Bertz CT molecular complexity index is 523. The molecule has 0 bridgehead atoms. The number of unbranched alkanes of at least 4 members (excludes halogenated alkanes) is 1. The molecular weight excluding hydrogens is 242 g/mol. The van der Waals surface area contributed by atoms with Gasteiger partial charge in [-0.1, -0.05) is 48.8 Å². The minimum absolute atomic E-state index is 0.138. The summed E-state index contributed by atoms with van der Waals surface area (Å²) in [7, 11) is 0. The highest BCUT2D eigenvalue weighted by atomic mass is 16.1. The zero-order chi connectivity index (χ0) is 13.5. The zero-order valence-electron chi connectivity index (χ0n) is 10.9. The quantitative estimate of drug-likeness (QED) is 0.856. The van der Waals surface area contributed by atoms with Crippen molar-refractivity contribution in [3.8, 4) is 0 Å². The molecule has 0 fully saturated rings. The van der Waals surface area contributed by atoms with Crippen LogP contribution in [0.3, 0.4) is 0 Å². The minimum atomic E-state index is -0.138. The van der Waals surface area contributed by atoms with Gasteiger partial charge in [-0.3, -0.25) is 10.1 Å². The number of rotatable bonds is 6. The van der Waals surface area contributed by atoms with E-state index in [0.29, 0.717) is 6.42 Å². The third kappa shape index (κ3) is 4.17. The molecule has 1 N–H and O–H groups in total. The topological polar surface area (TPSA) is 72.7 Å². The van der Waals surface area contributed by atoms with Crippen molar-refractivity contribution < 1.29 is 4.79 Å². The van der Waals surface area contributed by atoms with E-state index in [9.17, 15) is 4.79 Å². The lowest BCUT2D eigenvalue weighted by atomic mass is 10.1. The fourth-order valence-corrected chi connectivity index (χ4v) is 1.64. The van der Waals surface area contributed by atoms with E-state index in [1.165, 1.54) is 4.80 Å². The van der Waals surface area contributed by atoms with Crippen LogP contribution in [0.1, 0.15) is 25.3 Å². The van der Waals surface area contributed by atoms with Gasteiger partial charge >= 0.3 is 0 Å². The predicted molar refractivity (Wildman–Crippen MR) is 71.5 cm³/mol. The number of tetrazole rings is 1. The van der Waals surface area contributed by atoms with Crippen LogP contribution < -0.4 is 5.32 Å². The molecule has 1 aromatic carbocycles. The highest BCUT2D eigenvalue weighted by Gasteiger charge is 2.08. The van der Waals surface area contributed by atoms with Crippen LogP contribution in [-0.4, -0.2) is 26.1 Å². The smallest absolute Gasteiger partial charge is 0.270 e. The van der Waals surface area contributed by atoms with E-state index in [1.807, 2.05) is 30.3 Å². The molecule has 6 heteroatoms. The fourth-order valence-electron chi connectivity index (χ4n) is 1.64. The molecule has 1 aromatic heterocycles. The van der Waals surface area contributed by atoms with E-state index in [1.54, 1.807) is 0 Å². The number of anilines is 1. The highest BCUT2D eigenvalue weighted by Crippen LogP contribution is 2.02. The molecule has 2 aromatic rings. The van der Waals surface area contributed by atoms with Gasteiger partial charge in [0.25, 0.3) is 5.95 Å². The van der Waals surface area contributed by atoms with Crippen molar-refractivity contribution in [2.45, 2.75) is 32.7 Å². The first-order valence-corrected chi connectivity index (χ1v) is 6.39. The molecule has 6 nitrogen and oxygen atoms in total. The molecular formula is C13H17N5O. The van der Waals surface area contributed by atoms with E-state index >= 15 is 0 Å². The average Bonchev–Trinajstić information content (AvgIpc) is 2.85. The Hall–Kier alpha value is -2.24. The van der Waals surface area contributed by atoms with E-state index in [2.05, 4.69) is 27.7 Å². The number of hydrogen-bond acceptors (Lipinski definition) is 4. The molecule has 0 aliphatic carbocycles. The van der Waals surface area contributed by atoms with Crippen LogP contribution in [0.2, 0.25) is 0 Å². The number of amides is 1. The van der Waals surface area contributed by atoms with E-state index in [4.69, 9.17) is 0 Å². The second kappa shape index (κ2) is 6.63. The molecule has 0 spiro atoms. The van der Waals surface area contributed by atoms with Gasteiger partial charge in [0.1, 0.15) is 0 Å². The summed E-state index contributed by atoms with van der Waals surface area (Å²) in [4.78, 5) is 13.3. The van der Waals surface area contributed by atoms with Gasteiger partial charge in [0.2, 0.25) is 5.91 Å². The summed E-state index contributed by atoms with van der Waals surface area (Å²) < 4.78 is 0. The number of carbonyl (C=O) groups is 1. The molecule has 0 radical (unpaired) electrons. The van der Waals surface area contributed by atoms with Crippen molar-refractivity contribution >= 4 is 11.9 Å². The van der Waals surface area contributed by atoms with Crippen molar-refractivity contribution in [1.82, 2.24) is 20.2 Å². The molecule has 19 heavy (non-hydrogen) atoms. The summed E-state index contributed by atoms with van der Waals surface area (Å²) in [6.45, 7) is 2.82. The molecule has 0 saturated carbocycles. The summed E-state index contributed by atoms with van der Waals surface area (Å²) in [5.41, 5.74) is 0.957. The van der Waals surface area contributed by atoms with Gasteiger partial charge in [0.15, 0.2) is 0 Å². The summed E-state index contributed by atoms with van der Waals surface area (Å²) in [6.07, 6.45) is 2.37.